The second kappa shape index (κ2) is 7.30. The Morgan fingerprint density at radius 2 is 1.52 bits per heavy atom. The van der Waals surface area contributed by atoms with Crippen LogP contribution in [0, 0.1) is 0 Å². The van der Waals surface area contributed by atoms with Crippen LogP contribution in [0.25, 0.3) is 0 Å². The quantitative estimate of drug-likeness (QED) is 0.874. The molecule has 4 rings (SSSR count). The van der Waals surface area contributed by atoms with Crippen molar-refractivity contribution in [1.29, 1.82) is 0 Å². The van der Waals surface area contributed by atoms with E-state index in [1.165, 1.54) is 48.9 Å². The molecule has 3 heteroatoms. The predicted molar refractivity (Wildman–Crippen MR) is 104 cm³/mol. The zero-order chi connectivity index (χ0) is 17.1. The summed E-state index contributed by atoms with van der Waals surface area (Å²) in [6.45, 7) is 2.28. The van der Waals surface area contributed by atoms with Crippen LogP contribution in [0.2, 0.25) is 0 Å². The molecular weight excluding hydrogens is 308 g/mol. The third kappa shape index (κ3) is 3.71. The number of piperidine rings is 1. The van der Waals surface area contributed by atoms with Crippen molar-refractivity contribution in [3.63, 3.8) is 0 Å². The standard InChI is InChI=1S/C22H26N2O/c25-22(19-9-8-17-6-2-3-7-18(17)16-19)23-20-10-12-21(13-11-20)24-14-4-1-5-15-24/h8-13,16H,1-7,14-15H2,(H,23,25). The van der Waals surface area contributed by atoms with E-state index in [1.807, 2.05) is 18.2 Å². The molecule has 2 aromatic rings. The number of nitrogens with one attached hydrogen (secondary N) is 1. The van der Waals surface area contributed by atoms with E-state index in [9.17, 15) is 4.79 Å². The number of carbonyl (C=O) groups excluding carboxylic acids is 1. The highest BCUT2D eigenvalue weighted by molar-refractivity contribution is 6.04. The predicted octanol–water partition coefficient (Wildman–Crippen LogP) is 4.81. The Morgan fingerprint density at radius 3 is 2.28 bits per heavy atom. The number of anilines is 2. The lowest BCUT2D eigenvalue weighted by molar-refractivity contribution is 0.102. The van der Waals surface area contributed by atoms with Gasteiger partial charge in [0.15, 0.2) is 0 Å². The average Bonchev–Trinajstić information content (AvgIpc) is 2.69. The summed E-state index contributed by atoms with van der Waals surface area (Å²) in [5.41, 5.74) is 5.64. The average molecular weight is 334 g/mol. The van der Waals surface area contributed by atoms with Gasteiger partial charge in [-0.2, -0.15) is 0 Å². The maximum atomic E-state index is 12.6. The molecule has 0 unspecified atom stereocenters. The molecule has 1 aliphatic heterocycles. The summed E-state index contributed by atoms with van der Waals surface area (Å²) in [7, 11) is 0. The SMILES string of the molecule is O=C(Nc1ccc(N2CCCCC2)cc1)c1ccc2c(c1)CCCC2. The highest BCUT2D eigenvalue weighted by atomic mass is 16.1. The minimum atomic E-state index is -0.0147. The molecule has 0 aromatic heterocycles. The van der Waals surface area contributed by atoms with Gasteiger partial charge in [0.05, 0.1) is 0 Å². The van der Waals surface area contributed by atoms with Crippen molar-refractivity contribution in [2.45, 2.75) is 44.9 Å². The van der Waals surface area contributed by atoms with Crippen LogP contribution < -0.4 is 10.2 Å². The van der Waals surface area contributed by atoms with E-state index in [4.69, 9.17) is 0 Å². The summed E-state index contributed by atoms with van der Waals surface area (Å²) in [5, 5.41) is 3.04. The number of hydrogen-bond donors (Lipinski definition) is 1. The lowest BCUT2D eigenvalue weighted by Crippen LogP contribution is -2.29. The topological polar surface area (TPSA) is 32.3 Å². The molecule has 0 spiro atoms. The first kappa shape index (κ1) is 16.2. The third-order valence-corrected chi connectivity index (χ3v) is 5.46. The van der Waals surface area contributed by atoms with E-state index >= 15 is 0 Å². The number of nitrogens with zero attached hydrogens (tertiary/aromatic N) is 1. The molecule has 0 atom stereocenters. The Labute approximate surface area is 150 Å². The van der Waals surface area contributed by atoms with Crippen molar-refractivity contribution in [1.82, 2.24) is 0 Å². The molecule has 1 N–H and O–H groups in total. The maximum absolute atomic E-state index is 12.6. The molecule has 2 aromatic carbocycles. The second-order valence-electron chi connectivity index (χ2n) is 7.24. The van der Waals surface area contributed by atoms with Gasteiger partial charge >= 0.3 is 0 Å². The Hall–Kier alpha value is -2.29. The highest BCUT2D eigenvalue weighted by Gasteiger charge is 2.14. The van der Waals surface area contributed by atoms with Crippen LogP contribution in [0.5, 0.6) is 0 Å². The molecule has 2 aliphatic rings. The van der Waals surface area contributed by atoms with Gasteiger partial charge in [0.1, 0.15) is 0 Å². The number of rotatable bonds is 3. The zero-order valence-electron chi connectivity index (χ0n) is 14.8. The number of aryl methyl sites for hydroxylation is 2. The Morgan fingerprint density at radius 1 is 0.800 bits per heavy atom. The van der Waals surface area contributed by atoms with E-state index < -0.39 is 0 Å². The maximum Gasteiger partial charge on any atom is 0.255 e. The van der Waals surface area contributed by atoms with E-state index in [2.05, 4.69) is 34.5 Å². The van der Waals surface area contributed by atoms with Gasteiger partial charge in [-0.25, -0.2) is 0 Å². The second-order valence-corrected chi connectivity index (χ2v) is 7.24. The van der Waals surface area contributed by atoms with Crippen LogP contribution in [0.3, 0.4) is 0 Å². The summed E-state index contributed by atoms with van der Waals surface area (Å²) in [5.74, 6) is -0.0147. The van der Waals surface area contributed by atoms with E-state index in [1.54, 1.807) is 0 Å². The van der Waals surface area contributed by atoms with Gasteiger partial charge in [0, 0.05) is 30.0 Å². The zero-order valence-corrected chi connectivity index (χ0v) is 14.8. The Kier molecular flexibility index (Phi) is 4.73. The van der Waals surface area contributed by atoms with Gasteiger partial charge in [0.25, 0.3) is 5.91 Å². The fraction of sp³-hybridized carbons (Fsp3) is 0.409. The largest absolute Gasteiger partial charge is 0.372 e. The van der Waals surface area contributed by atoms with Crippen LogP contribution in [-0.4, -0.2) is 19.0 Å². The summed E-state index contributed by atoms with van der Waals surface area (Å²) < 4.78 is 0. The van der Waals surface area contributed by atoms with Crippen molar-refractivity contribution < 1.29 is 4.79 Å². The third-order valence-electron chi connectivity index (χ3n) is 5.46. The number of hydrogen-bond acceptors (Lipinski definition) is 2. The van der Waals surface area contributed by atoms with E-state index in [-0.39, 0.29) is 5.91 Å². The first-order valence-electron chi connectivity index (χ1n) is 9.58. The van der Waals surface area contributed by atoms with Crippen molar-refractivity contribution >= 4 is 17.3 Å². The smallest absolute Gasteiger partial charge is 0.255 e. The number of benzene rings is 2. The summed E-state index contributed by atoms with van der Waals surface area (Å²) >= 11 is 0. The van der Waals surface area contributed by atoms with Crippen LogP contribution in [0.4, 0.5) is 11.4 Å². The number of amides is 1. The fourth-order valence-electron chi connectivity index (χ4n) is 3.99. The van der Waals surface area contributed by atoms with Gasteiger partial charge in [0.2, 0.25) is 0 Å². The van der Waals surface area contributed by atoms with Crippen LogP contribution in [0.15, 0.2) is 42.5 Å². The highest BCUT2D eigenvalue weighted by Crippen LogP contribution is 2.24. The molecule has 25 heavy (non-hydrogen) atoms. The first-order chi connectivity index (χ1) is 12.3. The van der Waals surface area contributed by atoms with Crippen molar-refractivity contribution in [3.8, 4) is 0 Å². The molecule has 130 valence electrons. The lowest BCUT2D eigenvalue weighted by atomic mass is 9.90. The molecule has 0 bridgehead atoms. The van der Waals surface area contributed by atoms with Gasteiger partial charge in [-0.15, -0.1) is 0 Å². The lowest BCUT2D eigenvalue weighted by Gasteiger charge is -2.28. The van der Waals surface area contributed by atoms with Crippen LogP contribution >= 0.6 is 0 Å². The monoisotopic (exact) mass is 334 g/mol. The molecule has 3 nitrogen and oxygen atoms in total. The molecule has 1 heterocycles. The van der Waals surface area contributed by atoms with Gasteiger partial charge in [-0.05, 0) is 92.5 Å². The van der Waals surface area contributed by atoms with Crippen molar-refractivity contribution in [2.24, 2.45) is 0 Å². The normalized spacial score (nSPS) is 17.0. The molecule has 1 saturated heterocycles. The van der Waals surface area contributed by atoms with E-state index in [0.29, 0.717) is 0 Å². The molecule has 0 radical (unpaired) electrons. The fourth-order valence-corrected chi connectivity index (χ4v) is 3.99. The Bertz CT molecular complexity index is 745. The van der Waals surface area contributed by atoms with Crippen molar-refractivity contribution in [3.05, 3.63) is 59.2 Å². The molecule has 1 amide bonds. The number of carbonyl (C=O) groups is 1. The molecule has 1 aliphatic carbocycles. The van der Waals surface area contributed by atoms with E-state index in [0.717, 1.165) is 37.2 Å². The minimum absolute atomic E-state index is 0.0147. The molecule has 1 fully saturated rings. The summed E-state index contributed by atoms with van der Waals surface area (Å²) in [6.07, 6.45) is 8.63. The molecular formula is C22H26N2O. The van der Waals surface area contributed by atoms with Crippen molar-refractivity contribution in [2.75, 3.05) is 23.3 Å². The number of fused-ring (bicyclic) bond motifs is 1. The Balaban J connectivity index is 1.43. The van der Waals surface area contributed by atoms with Gasteiger partial charge < -0.3 is 10.2 Å². The first-order valence-corrected chi connectivity index (χ1v) is 9.58. The molecule has 0 saturated carbocycles. The van der Waals surface area contributed by atoms with Gasteiger partial charge in [-0.3, -0.25) is 4.79 Å². The van der Waals surface area contributed by atoms with Gasteiger partial charge in [-0.1, -0.05) is 6.07 Å². The summed E-state index contributed by atoms with van der Waals surface area (Å²) in [4.78, 5) is 15.0. The minimum Gasteiger partial charge on any atom is -0.372 e. The van der Waals surface area contributed by atoms with Crippen LogP contribution in [0.1, 0.15) is 53.6 Å². The van der Waals surface area contributed by atoms with Crippen LogP contribution in [-0.2, 0) is 12.8 Å². The summed E-state index contributed by atoms with van der Waals surface area (Å²) in [6, 6.07) is 14.4.